The van der Waals surface area contributed by atoms with Crippen LogP contribution in [0.4, 0.5) is 0 Å². The van der Waals surface area contributed by atoms with E-state index in [-0.39, 0.29) is 5.91 Å². The van der Waals surface area contributed by atoms with Crippen LogP contribution in [0.1, 0.15) is 21.5 Å². The number of hydrogen-bond donors (Lipinski definition) is 2. The summed E-state index contributed by atoms with van der Waals surface area (Å²) in [6.45, 7) is 2.62. The van der Waals surface area contributed by atoms with Gasteiger partial charge in [0.2, 0.25) is 0 Å². The van der Waals surface area contributed by atoms with Gasteiger partial charge >= 0.3 is 0 Å². The summed E-state index contributed by atoms with van der Waals surface area (Å²) in [5.41, 5.74) is 2.94. The summed E-state index contributed by atoms with van der Waals surface area (Å²) in [4.78, 5) is 11.7. The van der Waals surface area contributed by atoms with Crippen LogP contribution in [0.5, 0.6) is 0 Å². The lowest BCUT2D eigenvalue weighted by molar-refractivity contribution is 0.0954. The molecule has 0 aliphatic rings. The van der Waals surface area contributed by atoms with Crippen LogP contribution in [0.3, 0.4) is 0 Å². The molecule has 0 aliphatic heterocycles. The zero-order chi connectivity index (χ0) is 12.1. The van der Waals surface area contributed by atoms with Crippen molar-refractivity contribution in [3.05, 3.63) is 53.3 Å². The van der Waals surface area contributed by atoms with Gasteiger partial charge in [0.05, 0.1) is 6.20 Å². The van der Waals surface area contributed by atoms with Crippen molar-refractivity contribution in [3.8, 4) is 0 Å². The third-order valence-corrected chi connectivity index (χ3v) is 2.57. The maximum Gasteiger partial charge on any atom is 0.251 e. The van der Waals surface area contributed by atoms with Crippen molar-refractivity contribution in [2.75, 3.05) is 6.54 Å². The van der Waals surface area contributed by atoms with Crippen LogP contribution in [-0.4, -0.2) is 22.6 Å². The van der Waals surface area contributed by atoms with Crippen LogP contribution >= 0.6 is 0 Å². The molecule has 0 fully saturated rings. The third kappa shape index (κ3) is 3.17. The van der Waals surface area contributed by atoms with Gasteiger partial charge in [-0.1, -0.05) is 17.7 Å². The molecule has 88 valence electrons. The fraction of sp³-hybridized carbons (Fsp3) is 0.231. The molecule has 2 N–H and O–H groups in total. The number of hydrogen-bond acceptors (Lipinski definition) is 2. The van der Waals surface area contributed by atoms with E-state index in [2.05, 4.69) is 15.5 Å². The van der Waals surface area contributed by atoms with Gasteiger partial charge in [0.25, 0.3) is 5.91 Å². The van der Waals surface area contributed by atoms with E-state index in [0.29, 0.717) is 12.1 Å². The van der Waals surface area contributed by atoms with Gasteiger partial charge in [0, 0.05) is 18.3 Å². The Morgan fingerprint density at radius 2 is 2.12 bits per heavy atom. The number of carbonyl (C=O) groups excluding carboxylic acids is 1. The number of nitrogens with zero attached hydrogens (tertiary/aromatic N) is 1. The average Bonchev–Trinajstić information content (AvgIpc) is 2.83. The predicted octanol–water partition coefficient (Wildman–Crippen LogP) is 1.69. The fourth-order valence-electron chi connectivity index (χ4n) is 1.54. The second kappa shape index (κ2) is 5.30. The molecule has 0 unspecified atom stereocenters. The highest BCUT2D eigenvalue weighted by Crippen LogP contribution is 2.02. The Morgan fingerprint density at radius 3 is 2.76 bits per heavy atom. The van der Waals surface area contributed by atoms with E-state index in [9.17, 15) is 4.79 Å². The van der Waals surface area contributed by atoms with Crippen molar-refractivity contribution in [3.63, 3.8) is 0 Å². The highest BCUT2D eigenvalue weighted by molar-refractivity contribution is 5.94. The number of carbonyl (C=O) groups is 1. The minimum absolute atomic E-state index is 0.0338. The number of amides is 1. The van der Waals surface area contributed by atoms with Gasteiger partial charge in [-0.3, -0.25) is 9.89 Å². The summed E-state index contributed by atoms with van der Waals surface area (Å²) < 4.78 is 0. The molecule has 17 heavy (non-hydrogen) atoms. The Balaban J connectivity index is 1.83. The van der Waals surface area contributed by atoms with Gasteiger partial charge in [-0.15, -0.1) is 0 Å². The zero-order valence-corrected chi connectivity index (χ0v) is 9.73. The van der Waals surface area contributed by atoms with Gasteiger partial charge in [0.15, 0.2) is 0 Å². The smallest absolute Gasteiger partial charge is 0.251 e. The number of aryl methyl sites for hydroxylation is 1. The first kappa shape index (κ1) is 11.4. The molecule has 0 saturated carbocycles. The molecule has 4 heteroatoms. The van der Waals surface area contributed by atoms with Gasteiger partial charge in [0.1, 0.15) is 0 Å². The van der Waals surface area contributed by atoms with Crippen LogP contribution in [0.25, 0.3) is 0 Å². The lowest BCUT2D eigenvalue weighted by Crippen LogP contribution is -2.25. The number of H-pyrrole nitrogens is 1. The summed E-state index contributed by atoms with van der Waals surface area (Å²) in [5.74, 6) is -0.0338. The maximum absolute atomic E-state index is 11.7. The molecule has 4 nitrogen and oxygen atoms in total. The van der Waals surface area contributed by atoms with Crippen LogP contribution in [0.2, 0.25) is 0 Å². The van der Waals surface area contributed by atoms with E-state index in [4.69, 9.17) is 0 Å². The number of aromatic nitrogens is 2. The first-order valence-electron chi connectivity index (χ1n) is 5.58. The average molecular weight is 229 g/mol. The molecule has 2 rings (SSSR count). The largest absolute Gasteiger partial charge is 0.352 e. The van der Waals surface area contributed by atoms with Gasteiger partial charge in [-0.05, 0) is 31.0 Å². The van der Waals surface area contributed by atoms with Crippen molar-refractivity contribution in [1.29, 1.82) is 0 Å². The lowest BCUT2D eigenvalue weighted by atomic mass is 10.1. The molecule has 1 aromatic heterocycles. The molecular formula is C13H15N3O. The standard InChI is InChI=1S/C13H15N3O/c1-10-2-4-12(5-3-10)13(17)14-7-6-11-8-15-16-9-11/h2-5,8-9H,6-7H2,1H3,(H,14,17)(H,15,16). The van der Waals surface area contributed by atoms with Gasteiger partial charge in [-0.25, -0.2) is 0 Å². The molecule has 0 bridgehead atoms. The minimum atomic E-state index is -0.0338. The Morgan fingerprint density at radius 1 is 1.35 bits per heavy atom. The summed E-state index contributed by atoms with van der Waals surface area (Å²) in [7, 11) is 0. The van der Waals surface area contributed by atoms with E-state index in [1.54, 1.807) is 6.20 Å². The number of benzene rings is 1. The van der Waals surface area contributed by atoms with E-state index in [0.717, 1.165) is 17.5 Å². The topological polar surface area (TPSA) is 57.8 Å². The molecular weight excluding hydrogens is 214 g/mol. The van der Waals surface area contributed by atoms with E-state index in [1.165, 1.54) is 0 Å². The second-order valence-electron chi connectivity index (χ2n) is 3.98. The van der Waals surface area contributed by atoms with E-state index in [1.807, 2.05) is 37.4 Å². The van der Waals surface area contributed by atoms with Gasteiger partial charge in [-0.2, -0.15) is 5.10 Å². The third-order valence-electron chi connectivity index (χ3n) is 2.57. The highest BCUT2D eigenvalue weighted by Gasteiger charge is 2.03. The first-order chi connectivity index (χ1) is 8.25. The Kier molecular flexibility index (Phi) is 3.55. The summed E-state index contributed by atoms with van der Waals surface area (Å²) in [6.07, 6.45) is 4.38. The molecule has 0 aliphatic carbocycles. The SMILES string of the molecule is Cc1ccc(C(=O)NCCc2cn[nH]c2)cc1. The quantitative estimate of drug-likeness (QED) is 0.838. The molecule has 1 aromatic carbocycles. The fourth-order valence-corrected chi connectivity index (χ4v) is 1.54. The summed E-state index contributed by atoms with van der Waals surface area (Å²) >= 11 is 0. The molecule has 0 atom stereocenters. The molecule has 0 spiro atoms. The Hall–Kier alpha value is -2.10. The van der Waals surface area contributed by atoms with Crippen LogP contribution < -0.4 is 5.32 Å². The monoisotopic (exact) mass is 229 g/mol. The van der Waals surface area contributed by atoms with Crippen LogP contribution in [-0.2, 0) is 6.42 Å². The van der Waals surface area contributed by atoms with Crippen LogP contribution in [0, 0.1) is 6.92 Å². The van der Waals surface area contributed by atoms with E-state index >= 15 is 0 Å². The Bertz CT molecular complexity index is 474. The Labute approximate surface area is 100 Å². The number of rotatable bonds is 4. The van der Waals surface area contributed by atoms with Crippen molar-refractivity contribution >= 4 is 5.91 Å². The minimum Gasteiger partial charge on any atom is -0.352 e. The molecule has 0 saturated heterocycles. The lowest BCUT2D eigenvalue weighted by Gasteiger charge is -2.04. The van der Waals surface area contributed by atoms with Gasteiger partial charge < -0.3 is 5.32 Å². The van der Waals surface area contributed by atoms with Crippen molar-refractivity contribution in [1.82, 2.24) is 15.5 Å². The predicted molar refractivity (Wildman–Crippen MR) is 65.8 cm³/mol. The summed E-state index contributed by atoms with van der Waals surface area (Å²) in [5, 5.41) is 9.47. The maximum atomic E-state index is 11.7. The molecule has 0 radical (unpaired) electrons. The molecule has 1 heterocycles. The van der Waals surface area contributed by atoms with Crippen molar-refractivity contribution in [2.24, 2.45) is 0 Å². The second-order valence-corrected chi connectivity index (χ2v) is 3.98. The highest BCUT2D eigenvalue weighted by atomic mass is 16.1. The van der Waals surface area contributed by atoms with E-state index < -0.39 is 0 Å². The first-order valence-corrected chi connectivity index (χ1v) is 5.58. The molecule has 1 amide bonds. The zero-order valence-electron chi connectivity index (χ0n) is 9.73. The van der Waals surface area contributed by atoms with Crippen molar-refractivity contribution < 1.29 is 4.79 Å². The van der Waals surface area contributed by atoms with Crippen molar-refractivity contribution in [2.45, 2.75) is 13.3 Å². The normalized spacial score (nSPS) is 10.2. The number of aromatic amines is 1. The number of nitrogens with one attached hydrogen (secondary N) is 2. The molecule has 2 aromatic rings. The van der Waals surface area contributed by atoms with Crippen LogP contribution in [0.15, 0.2) is 36.7 Å². The summed E-state index contributed by atoms with van der Waals surface area (Å²) in [6, 6.07) is 7.54.